The van der Waals surface area contributed by atoms with Crippen molar-refractivity contribution < 1.29 is 14.6 Å². The minimum absolute atomic E-state index is 0.281. The van der Waals surface area contributed by atoms with Crippen molar-refractivity contribution in [1.82, 2.24) is 5.32 Å². The average molecular weight is 219 g/mol. The molecular weight excluding hydrogens is 194 g/mol. The molecule has 2 N–H and O–H groups in total. The Morgan fingerprint density at radius 2 is 2.07 bits per heavy atom. The Bertz CT molecular complexity index is 122. The standard InChI is InChI=1S/C11H25NO3/c1-11(4-6-13)10-12-5-3-7-15-9-8-14-2/h11-13H,3-10H2,1-2H3. The summed E-state index contributed by atoms with van der Waals surface area (Å²) in [5.74, 6) is 0.546. The molecule has 1 atom stereocenters. The van der Waals surface area contributed by atoms with Gasteiger partial charge >= 0.3 is 0 Å². The highest BCUT2D eigenvalue weighted by molar-refractivity contribution is 4.56. The maximum atomic E-state index is 8.70. The van der Waals surface area contributed by atoms with Crippen LogP contribution >= 0.6 is 0 Å². The number of nitrogens with one attached hydrogen (secondary N) is 1. The first-order chi connectivity index (χ1) is 7.31. The second-order valence-corrected chi connectivity index (χ2v) is 3.78. The number of aliphatic hydroxyl groups excluding tert-OH is 1. The third kappa shape index (κ3) is 11.8. The summed E-state index contributed by atoms with van der Waals surface area (Å²) in [5.41, 5.74) is 0. The molecule has 0 aliphatic rings. The van der Waals surface area contributed by atoms with Gasteiger partial charge in [0.2, 0.25) is 0 Å². The second kappa shape index (κ2) is 11.9. The molecule has 1 unspecified atom stereocenters. The Balaban J connectivity index is 2.98. The maximum absolute atomic E-state index is 8.70. The van der Waals surface area contributed by atoms with Gasteiger partial charge in [-0.3, -0.25) is 0 Å². The molecule has 0 aliphatic carbocycles. The van der Waals surface area contributed by atoms with Crippen LogP contribution in [-0.2, 0) is 9.47 Å². The summed E-state index contributed by atoms with van der Waals surface area (Å²) in [5, 5.41) is 12.0. The zero-order valence-electron chi connectivity index (χ0n) is 10.00. The summed E-state index contributed by atoms with van der Waals surface area (Å²) in [4.78, 5) is 0. The van der Waals surface area contributed by atoms with Crippen molar-refractivity contribution >= 4 is 0 Å². The van der Waals surface area contributed by atoms with Crippen LogP contribution in [0.4, 0.5) is 0 Å². The normalized spacial score (nSPS) is 13.0. The summed E-state index contributed by atoms with van der Waals surface area (Å²) in [6.45, 7) is 6.49. The van der Waals surface area contributed by atoms with Crippen LogP contribution in [0, 0.1) is 5.92 Å². The van der Waals surface area contributed by atoms with Gasteiger partial charge in [-0.15, -0.1) is 0 Å². The van der Waals surface area contributed by atoms with Gasteiger partial charge in [-0.05, 0) is 31.8 Å². The molecular formula is C11H25NO3. The lowest BCUT2D eigenvalue weighted by molar-refractivity contribution is 0.0694. The quantitative estimate of drug-likeness (QED) is 0.501. The number of ether oxygens (including phenoxy) is 2. The SMILES string of the molecule is COCCOCCCNCC(C)CCO. The van der Waals surface area contributed by atoms with Crippen LogP contribution in [0.1, 0.15) is 19.8 Å². The van der Waals surface area contributed by atoms with Gasteiger partial charge in [-0.25, -0.2) is 0 Å². The fraction of sp³-hybridized carbons (Fsp3) is 1.00. The topological polar surface area (TPSA) is 50.7 Å². The molecule has 0 spiro atoms. The van der Waals surface area contributed by atoms with E-state index < -0.39 is 0 Å². The maximum Gasteiger partial charge on any atom is 0.0700 e. The lowest BCUT2D eigenvalue weighted by Crippen LogP contribution is -2.23. The largest absolute Gasteiger partial charge is 0.396 e. The van der Waals surface area contributed by atoms with Crippen molar-refractivity contribution in [1.29, 1.82) is 0 Å². The van der Waals surface area contributed by atoms with Crippen LogP contribution in [-0.4, -0.2) is 51.7 Å². The Kier molecular flexibility index (Phi) is 11.8. The molecule has 0 aliphatic heterocycles. The predicted octanol–water partition coefficient (Wildman–Crippen LogP) is 0.648. The average Bonchev–Trinajstić information content (AvgIpc) is 2.22. The fourth-order valence-electron chi connectivity index (χ4n) is 1.21. The Morgan fingerprint density at radius 1 is 1.27 bits per heavy atom. The van der Waals surface area contributed by atoms with E-state index in [0.717, 1.165) is 32.5 Å². The summed E-state index contributed by atoms with van der Waals surface area (Å²) < 4.78 is 10.2. The van der Waals surface area contributed by atoms with Crippen molar-refractivity contribution in [3.05, 3.63) is 0 Å². The zero-order valence-corrected chi connectivity index (χ0v) is 10.00. The van der Waals surface area contributed by atoms with Gasteiger partial charge in [0.15, 0.2) is 0 Å². The molecule has 0 fully saturated rings. The molecule has 0 aromatic rings. The van der Waals surface area contributed by atoms with Crippen LogP contribution in [0.3, 0.4) is 0 Å². The Labute approximate surface area is 93.0 Å². The van der Waals surface area contributed by atoms with E-state index in [2.05, 4.69) is 12.2 Å². The molecule has 0 saturated carbocycles. The molecule has 0 heterocycles. The summed E-state index contributed by atoms with van der Waals surface area (Å²) in [7, 11) is 1.67. The van der Waals surface area contributed by atoms with E-state index in [4.69, 9.17) is 14.6 Å². The second-order valence-electron chi connectivity index (χ2n) is 3.78. The van der Waals surface area contributed by atoms with Crippen LogP contribution in [0.15, 0.2) is 0 Å². The third-order valence-electron chi connectivity index (χ3n) is 2.19. The van der Waals surface area contributed by atoms with E-state index in [9.17, 15) is 0 Å². The highest BCUT2D eigenvalue weighted by Gasteiger charge is 1.99. The zero-order chi connectivity index (χ0) is 11.4. The van der Waals surface area contributed by atoms with E-state index in [1.54, 1.807) is 7.11 Å². The van der Waals surface area contributed by atoms with Gasteiger partial charge < -0.3 is 19.9 Å². The molecule has 4 heteroatoms. The van der Waals surface area contributed by atoms with E-state index in [-0.39, 0.29) is 6.61 Å². The molecule has 0 radical (unpaired) electrons. The Morgan fingerprint density at radius 3 is 2.73 bits per heavy atom. The van der Waals surface area contributed by atoms with Gasteiger partial charge in [-0.1, -0.05) is 6.92 Å². The molecule has 0 aromatic carbocycles. The fourth-order valence-corrected chi connectivity index (χ4v) is 1.21. The first-order valence-electron chi connectivity index (χ1n) is 5.69. The number of hydrogen-bond donors (Lipinski definition) is 2. The highest BCUT2D eigenvalue weighted by atomic mass is 16.5. The lowest BCUT2D eigenvalue weighted by atomic mass is 10.1. The van der Waals surface area contributed by atoms with Crippen molar-refractivity contribution in [2.75, 3.05) is 46.6 Å². The monoisotopic (exact) mass is 219 g/mol. The van der Waals surface area contributed by atoms with Crippen molar-refractivity contribution in [2.24, 2.45) is 5.92 Å². The molecule has 0 bridgehead atoms. The molecule has 4 nitrogen and oxygen atoms in total. The van der Waals surface area contributed by atoms with Gasteiger partial charge in [0, 0.05) is 20.3 Å². The van der Waals surface area contributed by atoms with Crippen LogP contribution in [0.2, 0.25) is 0 Å². The van der Waals surface area contributed by atoms with E-state index in [1.165, 1.54) is 0 Å². The number of methoxy groups -OCH3 is 1. The summed E-state index contributed by atoms with van der Waals surface area (Å²) >= 11 is 0. The van der Waals surface area contributed by atoms with Gasteiger partial charge in [-0.2, -0.15) is 0 Å². The van der Waals surface area contributed by atoms with Crippen molar-refractivity contribution in [2.45, 2.75) is 19.8 Å². The molecule has 0 saturated heterocycles. The first kappa shape index (κ1) is 14.8. The molecule has 15 heavy (non-hydrogen) atoms. The molecule has 0 aromatic heterocycles. The van der Waals surface area contributed by atoms with Gasteiger partial charge in [0.25, 0.3) is 0 Å². The number of hydrogen-bond acceptors (Lipinski definition) is 4. The third-order valence-corrected chi connectivity index (χ3v) is 2.19. The first-order valence-corrected chi connectivity index (χ1v) is 5.69. The summed E-state index contributed by atoms with van der Waals surface area (Å²) in [6.07, 6.45) is 1.90. The van der Waals surface area contributed by atoms with Crippen molar-refractivity contribution in [3.8, 4) is 0 Å². The number of rotatable bonds is 11. The molecule has 0 amide bonds. The van der Waals surface area contributed by atoms with Gasteiger partial charge in [0.1, 0.15) is 0 Å². The summed E-state index contributed by atoms with van der Waals surface area (Å²) in [6, 6.07) is 0. The van der Waals surface area contributed by atoms with Crippen LogP contribution in [0.5, 0.6) is 0 Å². The highest BCUT2D eigenvalue weighted by Crippen LogP contribution is 1.97. The Hall–Kier alpha value is -0.160. The molecule has 0 rings (SSSR count). The predicted molar refractivity (Wildman–Crippen MR) is 61.0 cm³/mol. The van der Waals surface area contributed by atoms with Crippen molar-refractivity contribution in [3.63, 3.8) is 0 Å². The van der Waals surface area contributed by atoms with E-state index in [1.807, 2.05) is 0 Å². The minimum Gasteiger partial charge on any atom is -0.396 e. The lowest BCUT2D eigenvalue weighted by Gasteiger charge is -2.10. The van der Waals surface area contributed by atoms with Crippen LogP contribution < -0.4 is 5.32 Å². The van der Waals surface area contributed by atoms with Crippen LogP contribution in [0.25, 0.3) is 0 Å². The van der Waals surface area contributed by atoms with E-state index in [0.29, 0.717) is 19.1 Å². The number of aliphatic hydroxyl groups is 1. The molecule has 92 valence electrons. The van der Waals surface area contributed by atoms with E-state index >= 15 is 0 Å². The smallest absolute Gasteiger partial charge is 0.0700 e. The van der Waals surface area contributed by atoms with Gasteiger partial charge in [0.05, 0.1) is 13.2 Å². The minimum atomic E-state index is 0.281.